The van der Waals surface area contributed by atoms with E-state index in [1.165, 1.54) is 0 Å². The summed E-state index contributed by atoms with van der Waals surface area (Å²) in [6, 6.07) is 12.8. The molecule has 2 rings (SSSR count). The number of hydrogen-bond acceptors (Lipinski definition) is 1. The van der Waals surface area contributed by atoms with Gasteiger partial charge in [0.25, 0.3) is 0 Å². The lowest BCUT2D eigenvalue weighted by Gasteiger charge is -2.14. The molecule has 2 aromatic rings. The zero-order valence-electron chi connectivity index (χ0n) is 9.54. The largest absolute Gasteiger partial charge is 0.324 e. The van der Waals surface area contributed by atoms with Crippen molar-refractivity contribution in [3.63, 3.8) is 0 Å². The molecule has 1 unspecified atom stereocenters. The molecule has 0 bridgehead atoms. The van der Waals surface area contributed by atoms with Gasteiger partial charge in [0.2, 0.25) is 0 Å². The van der Waals surface area contributed by atoms with Crippen molar-refractivity contribution >= 4 is 34.8 Å². The quantitative estimate of drug-likeness (QED) is 0.858. The minimum atomic E-state index is -0.183. The third kappa shape index (κ3) is 3.39. The van der Waals surface area contributed by atoms with Crippen molar-refractivity contribution in [2.75, 3.05) is 0 Å². The van der Waals surface area contributed by atoms with Crippen LogP contribution in [-0.4, -0.2) is 0 Å². The van der Waals surface area contributed by atoms with Gasteiger partial charge in [0.15, 0.2) is 0 Å². The van der Waals surface area contributed by atoms with Crippen molar-refractivity contribution in [3.8, 4) is 0 Å². The molecule has 1 nitrogen and oxygen atoms in total. The number of nitrogens with two attached hydrogens (primary N) is 1. The molecule has 0 radical (unpaired) electrons. The summed E-state index contributed by atoms with van der Waals surface area (Å²) < 4.78 is 0. The first kappa shape index (κ1) is 13.7. The number of benzene rings is 2. The zero-order valence-corrected chi connectivity index (χ0v) is 11.8. The Bertz CT molecular complexity index is 537. The molecule has 2 N–H and O–H groups in total. The molecule has 4 heteroatoms. The molecular formula is C14H12Cl3N. The Morgan fingerprint density at radius 2 is 1.50 bits per heavy atom. The summed E-state index contributed by atoms with van der Waals surface area (Å²) in [6.07, 6.45) is 0.692. The molecule has 18 heavy (non-hydrogen) atoms. The molecule has 0 aliphatic carbocycles. The Morgan fingerprint density at radius 3 is 2.17 bits per heavy atom. The van der Waals surface area contributed by atoms with Crippen LogP contribution in [0.2, 0.25) is 15.1 Å². The molecule has 0 saturated carbocycles. The Balaban J connectivity index is 2.18. The van der Waals surface area contributed by atoms with E-state index in [-0.39, 0.29) is 6.04 Å². The molecule has 0 heterocycles. The molecule has 0 aliphatic rings. The zero-order chi connectivity index (χ0) is 13.1. The van der Waals surface area contributed by atoms with Gasteiger partial charge in [-0.1, -0.05) is 46.9 Å². The van der Waals surface area contributed by atoms with Gasteiger partial charge in [-0.25, -0.2) is 0 Å². The van der Waals surface area contributed by atoms with Crippen LogP contribution in [0.3, 0.4) is 0 Å². The molecular weight excluding hydrogens is 289 g/mol. The molecule has 0 aliphatic heterocycles. The molecule has 94 valence electrons. The van der Waals surface area contributed by atoms with Crippen LogP contribution in [0.25, 0.3) is 0 Å². The number of rotatable bonds is 3. The van der Waals surface area contributed by atoms with Gasteiger partial charge in [0.05, 0.1) is 0 Å². The average molecular weight is 301 g/mol. The lowest BCUT2D eigenvalue weighted by molar-refractivity contribution is 0.722. The van der Waals surface area contributed by atoms with Crippen molar-refractivity contribution in [2.45, 2.75) is 12.5 Å². The lowest BCUT2D eigenvalue weighted by Crippen LogP contribution is -2.13. The van der Waals surface area contributed by atoms with Gasteiger partial charge in [-0.2, -0.15) is 0 Å². The highest BCUT2D eigenvalue weighted by Gasteiger charge is 2.11. The Labute approximate surface area is 121 Å². The Hall–Kier alpha value is -0.730. The van der Waals surface area contributed by atoms with Gasteiger partial charge in [0.1, 0.15) is 0 Å². The smallest absolute Gasteiger partial charge is 0.0454 e. The summed E-state index contributed by atoms with van der Waals surface area (Å²) in [7, 11) is 0. The molecule has 1 atom stereocenters. The fourth-order valence-electron chi connectivity index (χ4n) is 1.78. The third-order valence-corrected chi connectivity index (χ3v) is 3.56. The molecule has 2 aromatic carbocycles. The van der Waals surface area contributed by atoms with E-state index in [1.807, 2.05) is 30.3 Å². The van der Waals surface area contributed by atoms with Crippen LogP contribution in [0.15, 0.2) is 42.5 Å². The van der Waals surface area contributed by atoms with Gasteiger partial charge >= 0.3 is 0 Å². The van der Waals surface area contributed by atoms with Crippen LogP contribution in [0.4, 0.5) is 0 Å². The summed E-state index contributed by atoms with van der Waals surface area (Å²) in [6.45, 7) is 0. The molecule has 0 spiro atoms. The van der Waals surface area contributed by atoms with Crippen molar-refractivity contribution in [2.24, 2.45) is 5.73 Å². The summed E-state index contributed by atoms with van der Waals surface area (Å²) in [5.41, 5.74) is 8.13. The van der Waals surface area contributed by atoms with E-state index in [0.29, 0.717) is 21.5 Å². The van der Waals surface area contributed by atoms with Crippen LogP contribution in [0.5, 0.6) is 0 Å². The first-order valence-electron chi connectivity index (χ1n) is 5.51. The fraction of sp³-hybridized carbons (Fsp3) is 0.143. The van der Waals surface area contributed by atoms with E-state index in [4.69, 9.17) is 40.5 Å². The topological polar surface area (TPSA) is 26.0 Å². The first-order chi connectivity index (χ1) is 8.56. The normalized spacial score (nSPS) is 12.4. The first-order valence-corrected chi connectivity index (χ1v) is 6.64. The van der Waals surface area contributed by atoms with Crippen molar-refractivity contribution in [3.05, 3.63) is 68.7 Å². The Kier molecular flexibility index (Phi) is 4.52. The van der Waals surface area contributed by atoms with E-state index >= 15 is 0 Å². The van der Waals surface area contributed by atoms with Crippen LogP contribution >= 0.6 is 34.8 Å². The maximum absolute atomic E-state index is 6.16. The maximum atomic E-state index is 6.16. The highest BCUT2D eigenvalue weighted by Crippen LogP contribution is 2.27. The lowest BCUT2D eigenvalue weighted by atomic mass is 10.00. The van der Waals surface area contributed by atoms with E-state index in [9.17, 15) is 0 Å². The van der Waals surface area contributed by atoms with Gasteiger partial charge in [0, 0.05) is 21.1 Å². The Morgan fingerprint density at radius 1 is 0.889 bits per heavy atom. The predicted octanol–water partition coefficient (Wildman–Crippen LogP) is 4.89. The van der Waals surface area contributed by atoms with Gasteiger partial charge in [-0.15, -0.1) is 0 Å². The van der Waals surface area contributed by atoms with E-state index in [2.05, 4.69) is 0 Å². The minimum Gasteiger partial charge on any atom is -0.324 e. The monoisotopic (exact) mass is 299 g/mol. The number of halogens is 3. The van der Waals surface area contributed by atoms with E-state index in [0.717, 1.165) is 11.1 Å². The molecule has 0 fully saturated rings. The van der Waals surface area contributed by atoms with Crippen LogP contribution in [0, 0.1) is 0 Å². The van der Waals surface area contributed by atoms with Gasteiger partial charge in [-0.05, 0) is 47.9 Å². The van der Waals surface area contributed by atoms with Gasteiger partial charge in [-0.3, -0.25) is 0 Å². The van der Waals surface area contributed by atoms with Crippen molar-refractivity contribution in [1.82, 2.24) is 0 Å². The standard InChI is InChI=1S/C14H12Cl3N/c15-10-3-1-9(2-4-10)7-14(18)12-8-11(16)5-6-13(12)17/h1-6,8,14H,7,18H2. The van der Waals surface area contributed by atoms with Gasteiger partial charge < -0.3 is 5.73 Å². The average Bonchev–Trinajstić information content (AvgIpc) is 2.35. The molecule has 0 aromatic heterocycles. The van der Waals surface area contributed by atoms with Crippen molar-refractivity contribution < 1.29 is 0 Å². The maximum Gasteiger partial charge on any atom is 0.0454 e. The second-order valence-electron chi connectivity index (χ2n) is 4.10. The van der Waals surface area contributed by atoms with E-state index in [1.54, 1.807) is 12.1 Å². The molecule has 0 amide bonds. The summed E-state index contributed by atoms with van der Waals surface area (Å²) in [5.74, 6) is 0. The fourth-order valence-corrected chi connectivity index (χ4v) is 2.35. The summed E-state index contributed by atoms with van der Waals surface area (Å²) in [4.78, 5) is 0. The van der Waals surface area contributed by atoms with Crippen LogP contribution < -0.4 is 5.73 Å². The minimum absolute atomic E-state index is 0.183. The second kappa shape index (κ2) is 5.94. The van der Waals surface area contributed by atoms with Crippen molar-refractivity contribution in [1.29, 1.82) is 0 Å². The van der Waals surface area contributed by atoms with Crippen LogP contribution in [-0.2, 0) is 6.42 Å². The third-order valence-electron chi connectivity index (χ3n) is 2.73. The summed E-state index contributed by atoms with van der Waals surface area (Å²) in [5, 5.41) is 2.00. The highest BCUT2D eigenvalue weighted by molar-refractivity contribution is 6.33. The number of hydrogen-bond donors (Lipinski definition) is 1. The second-order valence-corrected chi connectivity index (χ2v) is 5.38. The highest BCUT2D eigenvalue weighted by atomic mass is 35.5. The SMILES string of the molecule is NC(Cc1ccc(Cl)cc1)c1cc(Cl)ccc1Cl. The predicted molar refractivity (Wildman–Crippen MR) is 78.5 cm³/mol. The summed E-state index contributed by atoms with van der Waals surface area (Å²) >= 11 is 17.9. The van der Waals surface area contributed by atoms with E-state index < -0.39 is 0 Å². The molecule has 0 saturated heterocycles. The van der Waals surface area contributed by atoms with Crippen LogP contribution in [0.1, 0.15) is 17.2 Å².